The molecule has 1 aliphatic carbocycles. The van der Waals surface area contributed by atoms with E-state index in [0.717, 1.165) is 31.2 Å². The average molecular weight is 349 g/mol. The third-order valence-corrected chi connectivity index (χ3v) is 5.60. The van der Waals surface area contributed by atoms with Crippen molar-refractivity contribution in [2.75, 3.05) is 20.3 Å². The number of carbonyl (C=O) groups excluding carboxylic acids is 1. The minimum atomic E-state index is -0.753. The fourth-order valence-electron chi connectivity index (χ4n) is 4.40. The number of aromatic hydroxyl groups is 1. The summed E-state index contributed by atoms with van der Waals surface area (Å²) in [5, 5.41) is 21.2. The standard InChI is InChI=1S/C19H27NO5/c1-3-25-16-12-13(7-8-15(16)21)17-14-6-4-5-9-19(14,23)10-11-20(17)18(22)24-2/h7-8,12,14,17,21,23H,3-6,9-11H2,1-2H3. The molecule has 3 unspecified atom stereocenters. The molecule has 1 amide bonds. The quantitative estimate of drug-likeness (QED) is 0.876. The molecule has 2 fully saturated rings. The molecule has 3 atom stereocenters. The first-order valence-corrected chi connectivity index (χ1v) is 9.03. The topological polar surface area (TPSA) is 79.2 Å². The number of phenols is 1. The van der Waals surface area contributed by atoms with E-state index in [2.05, 4.69) is 0 Å². The van der Waals surface area contributed by atoms with Gasteiger partial charge in [0.2, 0.25) is 0 Å². The first kappa shape index (κ1) is 17.9. The Morgan fingerprint density at radius 2 is 2.16 bits per heavy atom. The zero-order valence-corrected chi connectivity index (χ0v) is 14.9. The van der Waals surface area contributed by atoms with Crippen LogP contribution in [-0.4, -0.2) is 47.1 Å². The summed E-state index contributed by atoms with van der Waals surface area (Å²) < 4.78 is 10.5. The van der Waals surface area contributed by atoms with Crippen molar-refractivity contribution >= 4 is 6.09 Å². The van der Waals surface area contributed by atoms with Gasteiger partial charge in [0.15, 0.2) is 11.5 Å². The maximum atomic E-state index is 12.3. The van der Waals surface area contributed by atoms with E-state index < -0.39 is 5.60 Å². The van der Waals surface area contributed by atoms with Crippen LogP contribution in [0.2, 0.25) is 0 Å². The highest BCUT2D eigenvalue weighted by atomic mass is 16.5. The summed E-state index contributed by atoms with van der Waals surface area (Å²) in [7, 11) is 1.38. The summed E-state index contributed by atoms with van der Waals surface area (Å²) in [6, 6.07) is 4.89. The number of methoxy groups -OCH3 is 1. The molecular formula is C19H27NO5. The van der Waals surface area contributed by atoms with Gasteiger partial charge in [0.05, 0.1) is 25.4 Å². The lowest BCUT2D eigenvalue weighted by atomic mass is 9.66. The van der Waals surface area contributed by atoms with Gasteiger partial charge in [-0.2, -0.15) is 0 Å². The fourth-order valence-corrected chi connectivity index (χ4v) is 4.40. The maximum Gasteiger partial charge on any atom is 0.410 e. The summed E-state index contributed by atoms with van der Waals surface area (Å²) in [4.78, 5) is 14.0. The predicted molar refractivity (Wildman–Crippen MR) is 92.7 cm³/mol. The number of rotatable bonds is 3. The second kappa shape index (κ2) is 7.12. The Morgan fingerprint density at radius 3 is 2.88 bits per heavy atom. The number of likely N-dealkylation sites (tertiary alicyclic amines) is 1. The van der Waals surface area contributed by atoms with E-state index in [0.29, 0.717) is 25.3 Å². The van der Waals surface area contributed by atoms with Crippen LogP contribution in [0.15, 0.2) is 18.2 Å². The number of hydrogen-bond acceptors (Lipinski definition) is 5. The van der Waals surface area contributed by atoms with Gasteiger partial charge in [0.1, 0.15) is 0 Å². The number of piperidine rings is 1. The molecule has 1 aromatic carbocycles. The smallest absolute Gasteiger partial charge is 0.410 e. The Kier molecular flexibility index (Phi) is 5.08. The third kappa shape index (κ3) is 3.27. The van der Waals surface area contributed by atoms with Gasteiger partial charge in [-0.3, -0.25) is 0 Å². The molecule has 6 heteroatoms. The van der Waals surface area contributed by atoms with E-state index in [9.17, 15) is 15.0 Å². The molecule has 1 aliphatic heterocycles. The summed E-state index contributed by atoms with van der Waals surface area (Å²) in [6.07, 6.45) is 3.86. The molecule has 3 rings (SSSR count). The molecule has 6 nitrogen and oxygen atoms in total. The summed E-state index contributed by atoms with van der Waals surface area (Å²) in [6.45, 7) is 2.75. The lowest BCUT2D eigenvalue weighted by Gasteiger charge is -2.52. The van der Waals surface area contributed by atoms with Crippen LogP contribution in [0.5, 0.6) is 11.5 Å². The fraction of sp³-hybridized carbons (Fsp3) is 0.632. The molecule has 138 valence electrons. The van der Waals surface area contributed by atoms with Gasteiger partial charge in [0.25, 0.3) is 0 Å². The molecule has 1 heterocycles. The van der Waals surface area contributed by atoms with E-state index in [1.54, 1.807) is 23.1 Å². The first-order valence-electron chi connectivity index (χ1n) is 9.03. The molecule has 1 saturated carbocycles. The summed E-state index contributed by atoms with van der Waals surface area (Å²) >= 11 is 0. The van der Waals surface area contributed by atoms with E-state index in [1.165, 1.54) is 7.11 Å². The van der Waals surface area contributed by atoms with Crippen LogP contribution < -0.4 is 4.74 Å². The maximum absolute atomic E-state index is 12.3. The summed E-state index contributed by atoms with van der Waals surface area (Å²) in [5.41, 5.74) is 0.105. The second-order valence-corrected chi connectivity index (χ2v) is 6.97. The zero-order chi connectivity index (χ0) is 18.0. The van der Waals surface area contributed by atoms with Gasteiger partial charge in [-0.05, 0) is 43.9 Å². The van der Waals surface area contributed by atoms with Crippen molar-refractivity contribution in [2.45, 2.75) is 50.7 Å². The Bertz CT molecular complexity index is 634. The van der Waals surface area contributed by atoms with Crippen LogP contribution in [-0.2, 0) is 4.74 Å². The van der Waals surface area contributed by atoms with Crippen molar-refractivity contribution in [1.29, 1.82) is 0 Å². The van der Waals surface area contributed by atoms with Crippen molar-refractivity contribution in [1.82, 2.24) is 4.90 Å². The number of aliphatic hydroxyl groups is 1. The molecule has 25 heavy (non-hydrogen) atoms. The predicted octanol–water partition coefficient (Wildman–Crippen LogP) is 3.23. The van der Waals surface area contributed by atoms with Crippen LogP contribution in [0.4, 0.5) is 4.79 Å². The van der Waals surface area contributed by atoms with Crippen LogP contribution in [0.1, 0.15) is 50.6 Å². The Labute approximate surface area is 148 Å². The van der Waals surface area contributed by atoms with Gasteiger partial charge in [-0.15, -0.1) is 0 Å². The van der Waals surface area contributed by atoms with Crippen molar-refractivity contribution < 1.29 is 24.5 Å². The van der Waals surface area contributed by atoms with Gasteiger partial charge < -0.3 is 24.6 Å². The van der Waals surface area contributed by atoms with E-state index in [1.807, 2.05) is 6.92 Å². The van der Waals surface area contributed by atoms with Gasteiger partial charge in [-0.25, -0.2) is 4.79 Å². The van der Waals surface area contributed by atoms with Gasteiger partial charge in [-0.1, -0.05) is 18.9 Å². The lowest BCUT2D eigenvalue weighted by Crippen LogP contribution is -2.56. The first-order chi connectivity index (χ1) is 12.0. The number of fused-ring (bicyclic) bond motifs is 1. The van der Waals surface area contributed by atoms with Gasteiger partial charge >= 0.3 is 6.09 Å². The Balaban J connectivity index is 2.02. The normalized spacial score (nSPS) is 29.0. The monoisotopic (exact) mass is 349 g/mol. The van der Waals surface area contributed by atoms with Gasteiger partial charge in [0, 0.05) is 12.5 Å². The molecule has 0 aromatic heterocycles. The second-order valence-electron chi connectivity index (χ2n) is 6.97. The molecular weight excluding hydrogens is 322 g/mol. The number of carbonyl (C=O) groups is 1. The van der Waals surface area contributed by atoms with Crippen molar-refractivity contribution in [2.24, 2.45) is 5.92 Å². The number of phenolic OH excluding ortho intramolecular Hbond substituents is 1. The molecule has 0 bridgehead atoms. The molecule has 1 saturated heterocycles. The molecule has 1 aromatic rings. The molecule has 2 N–H and O–H groups in total. The number of nitrogens with zero attached hydrogens (tertiary/aromatic N) is 1. The van der Waals surface area contributed by atoms with Crippen molar-refractivity contribution in [3.05, 3.63) is 23.8 Å². The lowest BCUT2D eigenvalue weighted by molar-refractivity contribution is -0.117. The summed E-state index contributed by atoms with van der Waals surface area (Å²) in [5.74, 6) is 0.424. The number of ether oxygens (including phenoxy) is 2. The Hall–Kier alpha value is -1.95. The number of amides is 1. The van der Waals surface area contributed by atoms with Crippen LogP contribution in [0.25, 0.3) is 0 Å². The Morgan fingerprint density at radius 1 is 1.36 bits per heavy atom. The van der Waals surface area contributed by atoms with Crippen LogP contribution in [0, 0.1) is 5.92 Å². The van der Waals surface area contributed by atoms with E-state index >= 15 is 0 Å². The molecule has 0 radical (unpaired) electrons. The van der Waals surface area contributed by atoms with E-state index in [-0.39, 0.29) is 23.8 Å². The van der Waals surface area contributed by atoms with Crippen LogP contribution in [0.3, 0.4) is 0 Å². The third-order valence-electron chi connectivity index (χ3n) is 5.60. The van der Waals surface area contributed by atoms with Crippen LogP contribution >= 0.6 is 0 Å². The van der Waals surface area contributed by atoms with Crippen molar-refractivity contribution in [3.8, 4) is 11.5 Å². The molecule has 0 spiro atoms. The number of benzene rings is 1. The minimum absolute atomic E-state index is 0.0480. The highest BCUT2D eigenvalue weighted by Gasteiger charge is 2.50. The average Bonchev–Trinajstić information content (AvgIpc) is 2.62. The number of hydrogen-bond donors (Lipinski definition) is 2. The highest BCUT2D eigenvalue weighted by molar-refractivity contribution is 5.68. The zero-order valence-electron chi connectivity index (χ0n) is 14.9. The largest absolute Gasteiger partial charge is 0.504 e. The minimum Gasteiger partial charge on any atom is -0.504 e. The molecule has 2 aliphatic rings. The van der Waals surface area contributed by atoms with Crippen molar-refractivity contribution in [3.63, 3.8) is 0 Å². The SMILES string of the molecule is CCOc1cc(C2C3CCCCC3(O)CCN2C(=O)OC)ccc1O. The van der Waals surface area contributed by atoms with E-state index in [4.69, 9.17) is 9.47 Å². The highest BCUT2D eigenvalue weighted by Crippen LogP contribution is 2.50.